The standard InChI is InChI=1S/C31H40N2O2/c1-3-4-5-6-7-8-9-10-17-22-31(2,29-32-27(23-34-29)25-18-13-11-14-19-25)30-33-28(24-35-30)26-20-15-12-16-21-26/h3,11-16,18-21,27-28H,1,4-10,17,22-24H2,2H3/t27-,28-/m0/s1. The molecule has 0 unspecified atom stereocenters. The first kappa shape index (κ1) is 25.2. The lowest BCUT2D eigenvalue weighted by molar-refractivity contribution is 0.250. The van der Waals surface area contributed by atoms with Gasteiger partial charge in [-0.05, 0) is 37.3 Å². The lowest BCUT2D eigenvalue weighted by Gasteiger charge is -2.28. The molecule has 0 radical (unpaired) electrons. The maximum atomic E-state index is 6.25. The molecule has 2 aliphatic rings. The quantitative estimate of drug-likeness (QED) is 0.206. The molecule has 2 aromatic carbocycles. The van der Waals surface area contributed by atoms with Crippen LogP contribution in [0.3, 0.4) is 0 Å². The highest BCUT2D eigenvalue weighted by Crippen LogP contribution is 2.39. The highest BCUT2D eigenvalue weighted by molar-refractivity contribution is 6.05. The van der Waals surface area contributed by atoms with Gasteiger partial charge in [-0.3, -0.25) is 0 Å². The number of rotatable bonds is 14. The zero-order valence-electron chi connectivity index (χ0n) is 21.2. The van der Waals surface area contributed by atoms with Crippen molar-refractivity contribution >= 4 is 11.8 Å². The minimum Gasteiger partial charge on any atom is -0.478 e. The van der Waals surface area contributed by atoms with E-state index >= 15 is 0 Å². The summed E-state index contributed by atoms with van der Waals surface area (Å²) in [4.78, 5) is 10.1. The molecule has 0 spiro atoms. The molecule has 2 aromatic rings. The molecule has 0 saturated heterocycles. The Morgan fingerprint density at radius 1 is 0.743 bits per heavy atom. The first-order valence-corrected chi connectivity index (χ1v) is 13.3. The number of ether oxygens (including phenoxy) is 2. The van der Waals surface area contributed by atoms with E-state index in [9.17, 15) is 0 Å². The smallest absolute Gasteiger partial charge is 0.199 e. The summed E-state index contributed by atoms with van der Waals surface area (Å²) in [6.45, 7) is 7.18. The van der Waals surface area contributed by atoms with Crippen molar-refractivity contribution in [1.29, 1.82) is 0 Å². The lowest BCUT2D eigenvalue weighted by Crippen LogP contribution is -2.37. The third kappa shape index (κ3) is 6.62. The molecule has 35 heavy (non-hydrogen) atoms. The summed E-state index contributed by atoms with van der Waals surface area (Å²) in [7, 11) is 0. The van der Waals surface area contributed by atoms with E-state index in [4.69, 9.17) is 19.5 Å². The molecular weight excluding hydrogens is 432 g/mol. The minimum absolute atomic E-state index is 0.0352. The summed E-state index contributed by atoms with van der Waals surface area (Å²) < 4.78 is 12.5. The topological polar surface area (TPSA) is 43.2 Å². The summed E-state index contributed by atoms with van der Waals surface area (Å²) >= 11 is 0. The van der Waals surface area contributed by atoms with Crippen molar-refractivity contribution in [2.45, 2.75) is 76.8 Å². The molecular formula is C31H40N2O2. The molecule has 2 aliphatic heterocycles. The zero-order chi connectivity index (χ0) is 24.3. The van der Waals surface area contributed by atoms with E-state index in [0.717, 1.165) is 31.1 Å². The zero-order valence-corrected chi connectivity index (χ0v) is 21.2. The summed E-state index contributed by atoms with van der Waals surface area (Å²) in [5.41, 5.74) is 1.95. The van der Waals surface area contributed by atoms with Crippen LogP contribution < -0.4 is 0 Å². The van der Waals surface area contributed by atoms with Crippen LogP contribution in [0.2, 0.25) is 0 Å². The second-order valence-electron chi connectivity index (χ2n) is 9.98. The Labute approximate surface area is 211 Å². The molecule has 4 rings (SSSR count). The average Bonchev–Trinajstić information content (AvgIpc) is 3.60. The Kier molecular flexibility index (Phi) is 9.16. The monoisotopic (exact) mass is 472 g/mol. The van der Waals surface area contributed by atoms with Crippen LogP contribution in [0.5, 0.6) is 0 Å². The van der Waals surface area contributed by atoms with Gasteiger partial charge in [0.1, 0.15) is 30.7 Å². The first-order valence-electron chi connectivity index (χ1n) is 13.3. The van der Waals surface area contributed by atoms with Crippen molar-refractivity contribution in [1.82, 2.24) is 0 Å². The minimum atomic E-state index is -0.434. The Hall–Kier alpha value is -2.88. The summed E-state index contributed by atoms with van der Waals surface area (Å²) in [5, 5.41) is 0. The fraction of sp³-hybridized carbons (Fsp3) is 0.484. The average molecular weight is 473 g/mol. The van der Waals surface area contributed by atoms with Gasteiger partial charge in [0, 0.05) is 0 Å². The van der Waals surface area contributed by atoms with Gasteiger partial charge < -0.3 is 9.47 Å². The van der Waals surface area contributed by atoms with Crippen molar-refractivity contribution < 1.29 is 9.47 Å². The van der Waals surface area contributed by atoms with Crippen molar-refractivity contribution in [3.05, 3.63) is 84.4 Å². The highest BCUT2D eigenvalue weighted by Gasteiger charge is 2.45. The van der Waals surface area contributed by atoms with E-state index in [1.165, 1.54) is 49.7 Å². The van der Waals surface area contributed by atoms with E-state index in [1.807, 2.05) is 18.2 Å². The van der Waals surface area contributed by atoms with Crippen LogP contribution in [0.1, 0.15) is 87.9 Å². The van der Waals surface area contributed by atoms with Gasteiger partial charge in [-0.15, -0.1) is 6.58 Å². The molecule has 186 valence electrons. The van der Waals surface area contributed by atoms with E-state index in [1.54, 1.807) is 0 Å². The molecule has 0 N–H and O–H groups in total. The van der Waals surface area contributed by atoms with Crippen LogP contribution in [0.15, 0.2) is 83.3 Å². The Morgan fingerprint density at radius 2 is 1.20 bits per heavy atom. The van der Waals surface area contributed by atoms with Gasteiger partial charge in [0.15, 0.2) is 11.8 Å². The number of unbranched alkanes of at least 4 members (excludes halogenated alkanes) is 7. The third-order valence-corrected chi connectivity index (χ3v) is 7.20. The summed E-state index contributed by atoms with van der Waals surface area (Å²) in [6, 6.07) is 20.9. The van der Waals surface area contributed by atoms with Crippen LogP contribution in [0, 0.1) is 5.41 Å². The Balaban J connectivity index is 1.43. The first-order chi connectivity index (χ1) is 17.2. The second kappa shape index (κ2) is 12.7. The molecule has 0 fully saturated rings. The second-order valence-corrected chi connectivity index (χ2v) is 9.98. The molecule has 2 atom stereocenters. The van der Waals surface area contributed by atoms with Gasteiger partial charge in [0.05, 0.1) is 0 Å². The predicted molar refractivity (Wildman–Crippen MR) is 145 cm³/mol. The van der Waals surface area contributed by atoms with Crippen LogP contribution in [0.25, 0.3) is 0 Å². The van der Waals surface area contributed by atoms with Gasteiger partial charge in [-0.1, -0.05) is 105 Å². The number of aliphatic imine (C=N–C) groups is 2. The van der Waals surface area contributed by atoms with E-state index in [0.29, 0.717) is 13.2 Å². The van der Waals surface area contributed by atoms with E-state index < -0.39 is 5.41 Å². The van der Waals surface area contributed by atoms with Gasteiger partial charge in [-0.2, -0.15) is 0 Å². The molecule has 0 aromatic heterocycles. The molecule has 4 nitrogen and oxygen atoms in total. The fourth-order valence-electron chi connectivity index (χ4n) is 5.00. The molecule has 2 heterocycles. The van der Waals surface area contributed by atoms with Crippen LogP contribution in [-0.2, 0) is 9.47 Å². The number of benzene rings is 2. The van der Waals surface area contributed by atoms with Gasteiger partial charge >= 0.3 is 0 Å². The number of nitrogens with zero attached hydrogens (tertiary/aromatic N) is 2. The Morgan fingerprint density at radius 3 is 1.69 bits per heavy atom. The maximum Gasteiger partial charge on any atom is 0.199 e. The van der Waals surface area contributed by atoms with Crippen LogP contribution in [-0.4, -0.2) is 25.0 Å². The normalized spacial score (nSPS) is 19.6. The molecule has 0 amide bonds. The highest BCUT2D eigenvalue weighted by atomic mass is 16.5. The van der Waals surface area contributed by atoms with Crippen LogP contribution in [0.4, 0.5) is 0 Å². The number of hydrogen-bond donors (Lipinski definition) is 0. The number of allylic oxidation sites excluding steroid dienone is 1. The van der Waals surface area contributed by atoms with Crippen molar-refractivity contribution in [2.75, 3.05) is 13.2 Å². The summed E-state index contributed by atoms with van der Waals surface area (Å²) in [5.74, 6) is 1.56. The predicted octanol–water partition coefficient (Wildman–Crippen LogP) is 8.03. The SMILES string of the molecule is C=CCCCCCCCCCC(C)(C1=N[C@H](c2ccccc2)CO1)C1=N[C@H](c2ccccc2)CO1. The van der Waals surface area contributed by atoms with E-state index in [2.05, 4.69) is 62.0 Å². The van der Waals surface area contributed by atoms with Crippen LogP contribution >= 0.6 is 0 Å². The lowest BCUT2D eigenvalue weighted by atomic mass is 9.83. The molecule has 0 saturated carbocycles. The van der Waals surface area contributed by atoms with Crippen molar-refractivity contribution in [2.24, 2.45) is 15.4 Å². The van der Waals surface area contributed by atoms with Gasteiger partial charge in [-0.25, -0.2) is 9.98 Å². The molecule has 4 heteroatoms. The largest absolute Gasteiger partial charge is 0.478 e. The number of hydrogen-bond acceptors (Lipinski definition) is 4. The maximum absolute atomic E-state index is 6.25. The van der Waals surface area contributed by atoms with Crippen molar-refractivity contribution in [3.8, 4) is 0 Å². The Bertz CT molecular complexity index is 918. The van der Waals surface area contributed by atoms with Crippen molar-refractivity contribution in [3.63, 3.8) is 0 Å². The fourth-order valence-corrected chi connectivity index (χ4v) is 5.00. The molecule has 0 bridgehead atoms. The molecule has 0 aliphatic carbocycles. The van der Waals surface area contributed by atoms with E-state index in [-0.39, 0.29) is 12.1 Å². The van der Waals surface area contributed by atoms with Gasteiger partial charge in [0.25, 0.3) is 0 Å². The third-order valence-electron chi connectivity index (χ3n) is 7.20. The van der Waals surface area contributed by atoms with Gasteiger partial charge in [0.2, 0.25) is 0 Å². The summed E-state index contributed by atoms with van der Waals surface area (Å²) in [6.07, 6.45) is 12.9.